The normalized spacial score (nSPS) is 15.0. The molecule has 1 aliphatic rings. The van der Waals surface area contributed by atoms with Crippen molar-refractivity contribution < 1.29 is 9.59 Å². The van der Waals surface area contributed by atoms with Crippen LogP contribution in [0.25, 0.3) is 0 Å². The van der Waals surface area contributed by atoms with Gasteiger partial charge in [-0.05, 0) is 42.0 Å². The number of para-hydroxylation sites is 1. The maximum Gasteiger partial charge on any atom is 0.313 e. The van der Waals surface area contributed by atoms with Gasteiger partial charge in [0.05, 0.1) is 6.04 Å². The van der Waals surface area contributed by atoms with Crippen LogP contribution in [0.15, 0.2) is 79.1 Å². The highest BCUT2D eigenvalue weighted by atomic mass is 35.5. The third kappa shape index (κ3) is 6.09. The van der Waals surface area contributed by atoms with Crippen molar-refractivity contribution in [3.8, 4) is 0 Å². The first-order chi connectivity index (χ1) is 16.1. The summed E-state index contributed by atoms with van der Waals surface area (Å²) in [5.41, 5.74) is 2.69. The van der Waals surface area contributed by atoms with Gasteiger partial charge in [-0.1, -0.05) is 41.9 Å². The SMILES string of the molecule is O=C(NC[C@@H](c1cccnc1)N1CCN(c2ccccc2)CC1)C(=O)Nc1cccc(Cl)c1. The number of benzene rings is 2. The van der Waals surface area contributed by atoms with Gasteiger partial charge in [-0.2, -0.15) is 0 Å². The van der Waals surface area contributed by atoms with Crippen LogP contribution < -0.4 is 15.5 Å². The molecule has 0 radical (unpaired) electrons. The minimum atomic E-state index is -0.726. The van der Waals surface area contributed by atoms with E-state index < -0.39 is 11.8 Å². The Morgan fingerprint density at radius 1 is 0.939 bits per heavy atom. The fourth-order valence-electron chi connectivity index (χ4n) is 3.99. The predicted octanol–water partition coefficient (Wildman–Crippen LogP) is 3.35. The van der Waals surface area contributed by atoms with E-state index in [0.29, 0.717) is 17.3 Å². The van der Waals surface area contributed by atoms with E-state index in [2.05, 4.69) is 37.6 Å². The number of halogens is 1. The fourth-order valence-corrected chi connectivity index (χ4v) is 4.18. The molecule has 1 atom stereocenters. The molecule has 7 nitrogen and oxygen atoms in total. The first-order valence-electron chi connectivity index (χ1n) is 10.9. The Hall–Kier alpha value is -3.42. The Balaban J connectivity index is 1.38. The monoisotopic (exact) mass is 463 g/mol. The fraction of sp³-hybridized carbons (Fsp3) is 0.240. The van der Waals surface area contributed by atoms with E-state index in [9.17, 15) is 9.59 Å². The second-order valence-corrected chi connectivity index (χ2v) is 8.27. The molecule has 1 saturated heterocycles. The van der Waals surface area contributed by atoms with Crippen molar-refractivity contribution in [3.63, 3.8) is 0 Å². The average molecular weight is 464 g/mol. The summed E-state index contributed by atoms with van der Waals surface area (Å²) in [7, 11) is 0. The lowest BCUT2D eigenvalue weighted by atomic mass is 10.1. The molecule has 0 bridgehead atoms. The van der Waals surface area contributed by atoms with Gasteiger partial charge in [0.2, 0.25) is 0 Å². The molecule has 2 amide bonds. The summed E-state index contributed by atoms with van der Waals surface area (Å²) in [6.45, 7) is 3.73. The number of piperazine rings is 1. The van der Waals surface area contributed by atoms with Crippen LogP contribution in [0.3, 0.4) is 0 Å². The van der Waals surface area contributed by atoms with Crippen LogP contribution in [0.4, 0.5) is 11.4 Å². The lowest BCUT2D eigenvalue weighted by molar-refractivity contribution is -0.136. The Morgan fingerprint density at radius 3 is 2.42 bits per heavy atom. The van der Waals surface area contributed by atoms with E-state index in [4.69, 9.17) is 11.6 Å². The van der Waals surface area contributed by atoms with E-state index in [1.807, 2.05) is 36.5 Å². The third-order valence-electron chi connectivity index (χ3n) is 5.69. The summed E-state index contributed by atoms with van der Waals surface area (Å²) in [6, 6.07) is 20.8. The summed E-state index contributed by atoms with van der Waals surface area (Å²) in [4.78, 5) is 33.8. The number of carbonyl (C=O) groups is 2. The van der Waals surface area contributed by atoms with Crippen LogP contribution >= 0.6 is 11.6 Å². The Kier molecular flexibility index (Phi) is 7.55. The molecule has 8 heteroatoms. The number of carbonyl (C=O) groups excluding carboxylic acids is 2. The molecule has 0 aliphatic carbocycles. The molecular weight excluding hydrogens is 438 g/mol. The van der Waals surface area contributed by atoms with E-state index in [-0.39, 0.29) is 6.04 Å². The zero-order valence-electron chi connectivity index (χ0n) is 18.2. The van der Waals surface area contributed by atoms with Crippen LogP contribution in [-0.4, -0.2) is 54.4 Å². The van der Waals surface area contributed by atoms with Gasteiger partial charge in [-0.15, -0.1) is 0 Å². The molecular formula is C25H26ClN5O2. The third-order valence-corrected chi connectivity index (χ3v) is 5.93. The molecule has 1 aliphatic heterocycles. The molecule has 0 saturated carbocycles. The molecule has 1 fully saturated rings. The molecule has 33 heavy (non-hydrogen) atoms. The number of rotatable bonds is 6. The van der Waals surface area contributed by atoms with Gasteiger partial charge >= 0.3 is 11.8 Å². The van der Waals surface area contributed by atoms with Crippen molar-refractivity contribution in [2.24, 2.45) is 0 Å². The second kappa shape index (κ2) is 10.9. The van der Waals surface area contributed by atoms with Crippen molar-refractivity contribution in [2.45, 2.75) is 6.04 Å². The molecule has 2 N–H and O–H groups in total. The molecule has 0 spiro atoms. The zero-order valence-corrected chi connectivity index (χ0v) is 18.9. The summed E-state index contributed by atoms with van der Waals surface area (Å²) >= 11 is 5.95. The molecule has 2 aromatic carbocycles. The highest BCUT2D eigenvalue weighted by Gasteiger charge is 2.26. The average Bonchev–Trinajstić information content (AvgIpc) is 2.85. The van der Waals surface area contributed by atoms with Crippen LogP contribution in [0.2, 0.25) is 5.02 Å². The maximum atomic E-state index is 12.5. The second-order valence-electron chi connectivity index (χ2n) is 7.84. The van der Waals surface area contributed by atoms with Gasteiger partial charge in [-0.3, -0.25) is 19.5 Å². The summed E-state index contributed by atoms with van der Waals surface area (Å²) in [5, 5.41) is 5.86. The topological polar surface area (TPSA) is 77.6 Å². The van der Waals surface area contributed by atoms with Crippen molar-refractivity contribution in [1.82, 2.24) is 15.2 Å². The van der Waals surface area contributed by atoms with Crippen molar-refractivity contribution in [1.29, 1.82) is 0 Å². The number of pyridine rings is 1. The summed E-state index contributed by atoms with van der Waals surface area (Å²) in [6.07, 6.45) is 3.54. The quantitative estimate of drug-likeness (QED) is 0.548. The lowest BCUT2D eigenvalue weighted by Crippen LogP contribution is -2.50. The van der Waals surface area contributed by atoms with Gasteiger partial charge in [-0.25, -0.2) is 0 Å². The highest BCUT2D eigenvalue weighted by molar-refractivity contribution is 6.39. The largest absolute Gasteiger partial charge is 0.369 e. The van der Waals surface area contributed by atoms with E-state index in [0.717, 1.165) is 31.7 Å². The van der Waals surface area contributed by atoms with Crippen molar-refractivity contribution >= 4 is 34.8 Å². The van der Waals surface area contributed by atoms with E-state index in [1.54, 1.807) is 30.5 Å². The molecule has 4 rings (SSSR count). The molecule has 170 valence electrons. The van der Waals surface area contributed by atoms with E-state index >= 15 is 0 Å². The molecule has 3 aromatic rings. The number of nitrogens with zero attached hydrogens (tertiary/aromatic N) is 3. The summed E-state index contributed by atoms with van der Waals surface area (Å²) < 4.78 is 0. The number of hydrogen-bond donors (Lipinski definition) is 2. The number of nitrogens with one attached hydrogen (secondary N) is 2. The minimum absolute atomic E-state index is 0.0838. The van der Waals surface area contributed by atoms with Gasteiger partial charge in [0, 0.05) is 61.5 Å². The number of anilines is 2. The zero-order chi connectivity index (χ0) is 23.0. The van der Waals surface area contributed by atoms with Crippen molar-refractivity contribution in [3.05, 3.63) is 89.7 Å². The first-order valence-corrected chi connectivity index (χ1v) is 11.3. The Bertz CT molecular complexity index is 1070. The standard InChI is InChI=1S/C25H26ClN5O2/c26-20-7-4-8-21(16-20)29-25(33)24(32)28-18-23(19-6-5-11-27-17-19)31-14-12-30(13-15-31)22-9-2-1-3-10-22/h1-11,16-17,23H,12-15,18H2,(H,28,32)(H,29,33)/t23-/m0/s1. The first kappa shape index (κ1) is 22.8. The molecule has 0 unspecified atom stereocenters. The van der Waals surface area contributed by atoms with Gasteiger partial charge in [0.1, 0.15) is 0 Å². The number of aromatic nitrogens is 1. The Labute approximate surface area is 198 Å². The van der Waals surface area contributed by atoms with Gasteiger partial charge in [0.25, 0.3) is 0 Å². The van der Waals surface area contributed by atoms with Gasteiger partial charge in [0.15, 0.2) is 0 Å². The molecule has 1 aromatic heterocycles. The number of amides is 2. The van der Waals surface area contributed by atoms with Crippen LogP contribution in [0.5, 0.6) is 0 Å². The predicted molar refractivity (Wildman–Crippen MR) is 130 cm³/mol. The van der Waals surface area contributed by atoms with Crippen LogP contribution in [0, 0.1) is 0 Å². The summed E-state index contributed by atoms with van der Waals surface area (Å²) in [5.74, 6) is -1.41. The van der Waals surface area contributed by atoms with E-state index in [1.165, 1.54) is 5.69 Å². The van der Waals surface area contributed by atoms with Crippen LogP contribution in [-0.2, 0) is 9.59 Å². The smallest absolute Gasteiger partial charge is 0.313 e. The van der Waals surface area contributed by atoms with Crippen molar-refractivity contribution in [2.75, 3.05) is 42.9 Å². The molecule has 2 heterocycles. The highest BCUT2D eigenvalue weighted by Crippen LogP contribution is 2.23. The minimum Gasteiger partial charge on any atom is -0.369 e. The van der Waals surface area contributed by atoms with Crippen LogP contribution in [0.1, 0.15) is 11.6 Å². The maximum absolute atomic E-state index is 12.5. The Morgan fingerprint density at radius 2 is 1.73 bits per heavy atom. The van der Waals surface area contributed by atoms with Gasteiger partial charge < -0.3 is 15.5 Å². The number of hydrogen-bond acceptors (Lipinski definition) is 5. The lowest BCUT2D eigenvalue weighted by Gasteiger charge is -2.40.